The van der Waals surface area contributed by atoms with Gasteiger partial charge in [0.1, 0.15) is 0 Å². The Balaban J connectivity index is 1.32. The highest BCUT2D eigenvalue weighted by Crippen LogP contribution is 2.41. The maximum Gasteiger partial charge on any atom is 0.161 e. The van der Waals surface area contributed by atoms with E-state index in [2.05, 4.69) is 140 Å². The summed E-state index contributed by atoms with van der Waals surface area (Å²) in [7, 11) is 0. The van der Waals surface area contributed by atoms with E-state index >= 15 is 0 Å². The number of benzene rings is 6. The minimum Gasteiger partial charge on any atom is -0.255 e. The molecule has 0 aliphatic heterocycles. The third-order valence-corrected chi connectivity index (χ3v) is 9.89. The Morgan fingerprint density at radius 1 is 0.404 bits per heavy atom. The first-order valence-electron chi connectivity index (χ1n) is 15.7. The molecule has 0 unspecified atom stereocenters. The largest absolute Gasteiger partial charge is 0.255 e. The first kappa shape index (κ1) is 27.3. The van der Waals surface area contributed by atoms with Crippen molar-refractivity contribution < 1.29 is 0 Å². The Labute approximate surface area is 276 Å². The van der Waals surface area contributed by atoms with E-state index in [4.69, 9.17) is 15.0 Å². The topological polar surface area (TPSA) is 38.7 Å². The van der Waals surface area contributed by atoms with Gasteiger partial charge in [0.15, 0.2) is 5.82 Å². The molecule has 0 atom stereocenters. The molecular weight excluding hydrogens is 591 g/mol. The molecule has 3 aromatic heterocycles. The van der Waals surface area contributed by atoms with Gasteiger partial charge in [0.2, 0.25) is 0 Å². The summed E-state index contributed by atoms with van der Waals surface area (Å²) in [6, 6.07) is 55.5. The van der Waals surface area contributed by atoms with Crippen LogP contribution in [0.25, 0.3) is 87.2 Å². The standard InChI is InChI=1S/C43H27N3S/c1-3-12-29(13-4-1)38-27-39(30-14-5-2-6-15-30)46-43(45-38)36-25-31(34-18-9-16-28-11-7-8-17-33(28)34)20-22-35(36)32-21-23-40-37(26-32)42-41(47-40)19-10-24-44-42/h1-27H. The van der Waals surface area contributed by atoms with Gasteiger partial charge in [0.05, 0.1) is 21.6 Å². The molecule has 6 aromatic carbocycles. The van der Waals surface area contributed by atoms with E-state index in [1.54, 1.807) is 11.3 Å². The molecule has 0 aliphatic carbocycles. The molecule has 4 heteroatoms. The highest BCUT2D eigenvalue weighted by atomic mass is 32.1. The van der Waals surface area contributed by atoms with Crippen LogP contribution in [0.3, 0.4) is 0 Å². The van der Waals surface area contributed by atoms with E-state index in [-0.39, 0.29) is 0 Å². The molecular formula is C43H27N3S. The van der Waals surface area contributed by atoms with E-state index < -0.39 is 0 Å². The molecule has 3 heterocycles. The molecule has 3 nitrogen and oxygen atoms in total. The van der Waals surface area contributed by atoms with Crippen molar-refractivity contribution in [2.45, 2.75) is 0 Å². The molecule has 0 N–H and O–H groups in total. The first-order chi connectivity index (χ1) is 23.3. The fourth-order valence-corrected chi connectivity index (χ4v) is 7.52. The molecule has 0 saturated heterocycles. The van der Waals surface area contributed by atoms with Gasteiger partial charge in [-0.3, -0.25) is 4.98 Å². The summed E-state index contributed by atoms with van der Waals surface area (Å²) >= 11 is 1.78. The lowest BCUT2D eigenvalue weighted by atomic mass is 9.91. The van der Waals surface area contributed by atoms with Crippen molar-refractivity contribution in [1.29, 1.82) is 0 Å². The Kier molecular flexibility index (Phi) is 6.65. The van der Waals surface area contributed by atoms with Crippen LogP contribution in [0.2, 0.25) is 0 Å². The smallest absolute Gasteiger partial charge is 0.161 e. The van der Waals surface area contributed by atoms with E-state index in [9.17, 15) is 0 Å². The Bertz CT molecular complexity index is 2510. The molecule has 0 bridgehead atoms. The molecule has 0 amide bonds. The first-order valence-corrected chi connectivity index (χ1v) is 16.5. The zero-order chi connectivity index (χ0) is 31.2. The third-order valence-electron chi connectivity index (χ3n) is 8.76. The van der Waals surface area contributed by atoms with Gasteiger partial charge in [0, 0.05) is 33.0 Å². The minimum absolute atomic E-state index is 0.690. The second-order valence-corrected chi connectivity index (χ2v) is 12.7. The zero-order valence-electron chi connectivity index (χ0n) is 25.3. The lowest BCUT2D eigenvalue weighted by Crippen LogP contribution is -1.98. The van der Waals surface area contributed by atoms with Crippen LogP contribution in [0.4, 0.5) is 0 Å². The lowest BCUT2D eigenvalue weighted by Gasteiger charge is -2.15. The van der Waals surface area contributed by atoms with Crippen LogP contribution in [0, 0.1) is 0 Å². The fourth-order valence-electron chi connectivity index (χ4n) is 6.47. The average molecular weight is 618 g/mol. The molecule has 0 radical (unpaired) electrons. The highest BCUT2D eigenvalue weighted by molar-refractivity contribution is 7.25. The summed E-state index contributed by atoms with van der Waals surface area (Å²) in [6.07, 6.45) is 1.87. The van der Waals surface area contributed by atoms with Gasteiger partial charge >= 0.3 is 0 Å². The van der Waals surface area contributed by atoms with Crippen molar-refractivity contribution >= 4 is 42.4 Å². The van der Waals surface area contributed by atoms with Crippen LogP contribution in [0.15, 0.2) is 164 Å². The molecule has 220 valence electrons. The summed E-state index contributed by atoms with van der Waals surface area (Å²) < 4.78 is 2.42. The Hall–Kier alpha value is -5.97. The number of aromatic nitrogens is 3. The average Bonchev–Trinajstić information content (AvgIpc) is 3.53. The fraction of sp³-hybridized carbons (Fsp3) is 0. The van der Waals surface area contributed by atoms with Gasteiger partial charge in [-0.1, -0.05) is 121 Å². The van der Waals surface area contributed by atoms with Gasteiger partial charge in [-0.25, -0.2) is 9.97 Å². The second-order valence-electron chi connectivity index (χ2n) is 11.6. The summed E-state index contributed by atoms with van der Waals surface area (Å²) in [5.41, 5.74) is 10.4. The molecule has 9 rings (SSSR count). The zero-order valence-corrected chi connectivity index (χ0v) is 26.2. The predicted molar refractivity (Wildman–Crippen MR) is 197 cm³/mol. The Morgan fingerprint density at radius 2 is 1.09 bits per heavy atom. The Morgan fingerprint density at radius 3 is 1.87 bits per heavy atom. The van der Waals surface area contributed by atoms with E-state index in [0.717, 1.165) is 55.7 Å². The monoisotopic (exact) mass is 617 g/mol. The number of rotatable bonds is 5. The highest BCUT2D eigenvalue weighted by Gasteiger charge is 2.18. The predicted octanol–water partition coefficient (Wildman–Crippen LogP) is 11.7. The molecule has 9 aromatic rings. The lowest BCUT2D eigenvalue weighted by molar-refractivity contribution is 1.18. The van der Waals surface area contributed by atoms with Crippen molar-refractivity contribution in [1.82, 2.24) is 15.0 Å². The molecule has 47 heavy (non-hydrogen) atoms. The van der Waals surface area contributed by atoms with Gasteiger partial charge in [-0.15, -0.1) is 11.3 Å². The molecule has 0 fully saturated rings. The van der Waals surface area contributed by atoms with E-state index in [1.807, 2.05) is 24.4 Å². The molecule has 0 spiro atoms. The molecule has 0 saturated carbocycles. The van der Waals surface area contributed by atoms with Crippen molar-refractivity contribution in [2.24, 2.45) is 0 Å². The van der Waals surface area contributed by atoms with Gasteiger partial charge < -0.3 is 0 Å². The van der Waals surface area contributed by atoms with Crippen molar-refractivity contribution in [3.05, 3.63) is 164 Å². The number of pyridine rings is 1. The minimum atomic E-state index is 0.690. The number of thiophene rings is 1. The van der Waals surface area contributed by atoms with E-state index in [0.29, 0.717) is 5.82 Å². The van der Waals surface area contributed by atoms with E-state index in [1.165, 1.54) is 25.7 Å². The van der Waals surface area contributed by atoms with Crippen LogP contribution in [0.5, 0.6) is 0 Å². The van der Waals surface area contributed by atoms with Gasteiger partial charge in [0.25, 0.3) is 0 Å². The normalized spacial score (nSPS) is 11.4. The number of hydrogen-bond donors (Lipinski definition) is 0. The summed E-state index contributed by atoms with van der Waals surface area (Å²) in [4.78, 5) is 15.3. The van der Waals surface area contributed by atoms with Crippen LogP contribution >= 0.6 is 11.3 Å². The second kappa shape index (κ2) is 11.4. The quantitative estimate of drug-likeness (QED) is 0.193. The maximum atomic E-state index is 5.26. The summed E-state index contributed by atoms with van der Waals surface area (Å²) in [5.74, 6) is 0.690. The van der Waals surface area contributed by atoms with Gasteiger partial charge in [-0.2, -0.15) is 0 Å². The van der Waals surface area contributed by atoms with Crippen LogP contribution in [-0.4, -0.2) is 15.0 Å². The van der Waals surface area contributed by atoms with Crippen molar-refractivity contribution in [3.63, 3.8) is 0 Å². The number of hydrogen-bond acceptors (Lipinski definition) is 4. The van der Waals surface area contributed by atoms with Crippen LogP contribution in [-0.2, 0) is 0 Å². The third kappa shape index (κ3) is 4.96. The summed E-state index contributed by atoms with van der Waals surface area (Å²) in [5, 5.41) is 3.59. The number of nitrogens with zero attached hydrogens (tertiary/aromatic N) is 3. The van der Waals surface area contributed by atoms with Crippen molar-refractivity contribution in [3.8, 4) is 56.2 Å². The SMILES string of the molecule is c1ccc(-c2cc(-c3ccccc3)nc(-c3cc(-c4cccc5ccccc45)ccc3-c3ccc4sc5cccnc5c4c3)n2)cc1. The number of fused-ring (bicyclic) bond motifs is 4. The maximum absolute atomic E-state index is 5.26. The van der Waals surface area contributed by atoms with Crippen LogP contribution < -0.4 is 0 Å². The van der Waals surface area contributed by atoms with Gasteiger partial charge in [-0.05, 0) is 69.4 Å². The summed E-state index contributed by atoms with van der Waals surface area (Å²) in [6.45, 7) is 0. The molecule has 0 aliphatic rings. The van der Waals surface area contributed by atoms with Crippen molar-refractivity contribution in [2.75, 3.05) is 0 Å². The van der Waals surface area contributed by atoms with Crippen LogP contribution in [0.1, 0.15) is 0 Å².